The topological polar surface area (TPSA) is 83.6 Å². The van der Waals surface area contributed by atoms with Gasteiger partial charge in [0, 0.05) is 30.1 Å². The highest BCUT2D eigenvalue weighted by atomic mass is 79.9. The number of rotatable bonds is 11. The summed E-state index contributed by atoms with van der Waals surface area (Å²) < 4.78 is 12.7. The number of carboxylic acid groups (broad SMARTS) is 1. The van der Waals surface area contributed by atoms with Crippen molar-refractivity contribution >= 4 is 32.8 Å². The van der Waals surface area contributed by atoms with Gasteiger partial charge < -0.3 is 24.9 Å². The van der Waals surface area contributed by atoms with Gasteiger partial charge in [-0.15, -0.1) is 0 Å². The van der Waals surface area contributed by atoms with E-state index in [1.54, 1.807) is 0 Å². The highest BCUT2D eigenvalue weighted by Crippen LogP contribution is 2.37. The fraction of sp³-hybridized carbons (Fsp3) is 0.250. The third kappa shape index (κ3) is 6.24. The molecule has 1 atom stereocenters. The number of H-pyrrole nitrogens is 1. The summed E-state index contributed by atoms with van der Waals surface area (Å²) in [4.78, 5) is 15.2. The number of aromatic amines is 1. The lowest BCUT2D eigenvalue weighted by Crippen LogP contribution is -2.38. The van der Waals surface area contributed by atoms with Gasteiger partial charge in [-0.05, 0) is 64.7 Å². The van der Waals surface area contributed by atoms with Gasteiger partial charge in [-0.1, -0.05) is 48.0 Å². The first-order chi connectivity index (χ1) is 16.9. The highest BCUT2D eigenvalue weighted by molar-refractivity contribution is 9.10. The van der Waals surface area contributed by atoms with Crippen LogP contribution in [0.15, 0.2) is 71.3 Å². The number of benzene rings is 3. The average molecular weight is 537 g/mol. The number of ether oxygens (including phenoxy) is 2. The van der Waals surface area contributed by atoms with Crippen molar-refractivity contribution in [3.63, 3.8) is 0 Å². The molecule has 7 heteroatoms. The first-order valence-electron chi connectivity index (χ1n) is 11.6. The van der Waals surface area contributed by atoms with E-state index in [4.69, 9.17) is 9.47 Å². The number of aryl methyl sites for hydroxylation is 1. The Balaban J connectivity index is 1.47. The zero-order valence-electron chi connectivity index (χ0n) is 19.8. The minimum atomic E-state index is -0.891. The summed E-state index contributed by atoms with van der Waals surface area (Å²) in [5.74, 6) is 0.358. The van der Waals surface area contributed by atoms with Gasteiger partial charge in [0.05, 0.1) is 11.1 Å². The summed E-state index contributed by atoms with van der Waals surface area (Å²) in [6, 6.07) is 19.2. The van der Waals surface area contributed by atoms with Crippen LogP contribution in [0.4, 0.5) is 0 Å². The van der Waals surface area contributed by atoms with E-state index < -0.39 is 12.0 Å². The molecule has 0 aliphatic heterocycles. The molecule has 1 aromatic heterocycles. The van der Waals surface area contributed by atoms with Crippen molar-refractivity contribution in [3.8, 4) is 11.5 Å². The fourth-order valence-electron chi connectivity index (χ4n) is 3.97. The molecule has 0 spiro atoms. The predicted octanol–water partition coefficient (Wildman–Crippen LogP) is 6.00. The Bertz CT molecular complexity index is 1300. The number of carbonyl (C=O) groups is 1. The molecule has 0 saturated heterocycles. The molecule has 0 aliphatic carbocycles. The van der Waals surface area contributed by atoms with E-state index in [9.17, 15) is 9.90 Å². The van der Waals surface area contributed by atoms with E-state index in [0.717, 1.165) is 32.1 Å². The van der Waals surface area contributed by atoms with Crippen LogP contribution in [0.25, 0.3) is 10.9 Å². The van der Waals surface area contributed by atoms with Crippen molar-refractivity contribution in [2.75, 3.05) is 6.61 Å². The number of fused-ring (bicyclic) bond motifs is 1. The summed E-state index contributed by atoms with van der Waals surface area (Å²) in [6.45, 7) is 5.25. The predicted molar refractivity (Wildman–Crippen MR) is 141 cm³/mol. The maximum atomic E-state index is 12.0. The normalized spacial score (nSPS) is 12.0. The van der Waals surface area contributed by atoms with Crippen LogP contribution in [-0.4, -0.2) is 28.7 Å². The van der Waals surface area contributed by atoms with Crippen LogP contribution in [0, 0.1) is 6.92 Å². The van der Waals surface area contributed by atoms with E-state index >= 15 is 0 Å². The van der Waals surface area contributed by atoms with Gasteiger partial charge in [-0.3, -0.25) is 4.79 Å². The molecule has 0 radical (unpaired) electrons. The van der Waals surface area contributed by atoms with Gasteiger partial charge >= 0.3 is 5.97 Å². The van der Waals surface area contributed by atoms with Crippen LogP contribution in [0.2, 0.25) is 0 Å². The Hall–Kier alpha value is -3.29. The molecule has 0 bridgehead atoms. The second-order valence-corrected chi connectivity index (χ2v) is 9.30. The average Bonchev–Trinajstić information content (AvgIpc) is 3.25. The molecule has 0 unspecified atom stereocenters. The maximum Gasteiger partial charge on any atom is 0.321 e. The zero-order valence-corrected chi connectivity index (χ0v) is 21.4. The molecule has 0 amide bonds. The number of para-hydroxylation sites is 1. The molecule has 0 fully saturated rings. The second kappa shape index (κ2) is 11.4. The Kier molecular flexibility index (Phi) is 8.10. The van der Waals surface area contributed by atoms with E-state index in [1.165, 1.54) is 5.56 Å². The lowest BCUT2D eigenvalue weighted by Gasteiger charge is -2.18. The standard InChI is InChI=1S/C28H29BrN2O4/c1-3-34-26-13-20(12-23(29)27(26)35-17-19-10-8-18(2)9-11-19)15-30-25(28(32)33)14-21-16-31-24-7-5-4-6-22(21)24/h4-13,16,25,30-31H,3,14-15,17H2,1-2H3,(H,32,33)/t25-/m1/s1. The van der Waals surface area contributed by atoms with Crippen LogP contribution in [-0.2, 0) is 24.4 Å². The maximum absolute atomic E-state index is 12.0. The summed E-state index contributed by atoms with van der Waals surface area (Å²) in [5.41, 5.74) is 5.13. The van der Waals surface area contributed by atoms with Crippen LogP contribution in [0.1, 0.15) is 29.2 Å². The number of nitrogens with one attached hydrogen (secondary N) is 2. The minimum Gasteiger partial charge on any atom is -0.490 e. The molecule has 4 aromatic rings. The molecule has 0 aliphatic rings. The Labute approximate surface area is 213 Å². The van der Waals surface area contributed by atoms with Crippen molar-refractivity contribution < 1.29 is 19.4 Å². The summed E-state index contributed by atoms with van der Waals surface area (Å²) in [5, 5.41) is 14.1. The van der Waals surface area contributed by atoms with Gasteiger partial charge in [-0.25, -0.2) is 0 Å². The molecular formula is C28H29BrN2O4. The lowest BCUT2D eigenvalue weighted by atomic mass is 10.0. The smallest absolute Gasteiger partial charge is 0.321 e. The van der Waals surface area contributed by atoms with E-state index in [0.29, 0.717) is 37.7 Å². The fourth-order valence-corrected chi connectivity index (χ4v) is 4.58. The monoisotopic (exact) mass is 536 g/mol. The van der Waals surface area contributed by atoms with Crippen LogP contribution in [0.5, 0.6) is 11.5 Å². The quantitative estimate of drug-likeness (QED) is 0.219. The Morgan fingerprint density at radius 1 is 1.09 bits per heavy atom. The zero-order chi connectivity index (χ0) is 24.8. The van der Waals surface area contributed by atoms with Crippen molar-refractivity contribution in [3.05, 3.63) is 93.6 Å². The van der Waals surface area contributed by atoms with Crippen LogP contribution in [0.3, 0.4) is 0 Å². The summed E-state index contributed by atoms with van der Waals surface area (Å²) in [7, 11) is 0. The molecule has 0 saturated carbocycles. The van der Waals surface area contributed by atoms with Crippen molar-refractivity contribution in [1.82, 2.24) is 10.3 Å². The molecule has 182 valence electrons. The van der Waals surface area contributed by atoms with Gasteiger partial charge in [0.2, 0.25) is 0 Å². The molecular weight excluding hydrogens is 508 g/mol. The number of halogens is 1. The first-order valence-corrected chi connectivity index (χ1v) is 12.4. The van der Waals surface area contributed by atoms with E-state index in [-0.39, 0.29) is 0 Å². The first kappa shape index (κ1) is 24.8. The minimum absolute atomic E-state index is 0.371. The molecule has 4 rings (SSSR count). The molecule has 35 heavy (non-hydrogen) atoms. The molecule has 6 nitrogen and oxygen atoms in total. The van der Waals surface area contributed by atoms with Gasteiger partial charge in [-0.2, -0.15) is 0 Å². The second-order valence-electron chi connectivity index (χ2n) is 8.45. The van der Waals surface area contributed by atoms with E-state index in [2.05, 4.69) is 45.3 Å². The number of aromatic nitrogens is 1. The molecule has 1 heterocycles. The summed E-state index contributed by atoms with van der Waals surface area (Å²) >= 11 is 3.61. The van der Waals surface area contributed by atoms with Crippen LogP contribution >= 0.6 is 15.9 Å². The van der Waals surface area contributed by atoms with Gasteiger partial charge in [0.15, 0.2) is 11.5 Å². The van der Waals surface area contributed by atoms with Crippen molar-refractivity contribution in [1.29, 1.82) is 0 Å². The number of hydrogen-bond acceptors (Lipinski definition) is 4. The number of carboxylic acids is 1. The molecule has 3 aromatic carbocycles. The Morgan fingerprint density at radius 2 is 1.86 bits per heavy atom. The lowest BCUT2D eigenvalue weighted by molar-refractivity contribution is -0.139. The largest absolute Gasteiger partial charge is 0.490 e. The van der Waals surface area contributed by atoms with Gasteiger partial charge in [0.1, 0.15) is 12.6 Å². The number of aliphatic carboxylic acids is 1. The third-order valence-corrected chi connectivity index (χ3v) is 6.41. The van der Waals surface area contributed by atoms with Crippen molar-refractivity contribution in [2.24, 2.45) is 0 Å². The third-order valence-electron chi connectivity index (χ3n) is 5.82. The molecule has 3 N–H and O–H groups in total. The highest BCUT2D eigenvalue weighted by Gasteiger charge is 2.20. The van der Waals surface area contributed by atoms with Crippen LogP contribution < -0.4 is 14.8 Å². The number of hydrogen-bond donors (Lipinski definition) is 3. The van der Waals surface area contributed by atoms with Gasteiger partial charge in [0.25, 0.3) is 0 Å². The van der Waals surface area contributed by atoms with Crippen molar-refractivity contribution in [2.45, 2.75) is 39.5 Å². The van der Waals surface area contributed by atoms with E-state index in [1.807, 2.05) is 61.7 Å². The SMILES string of the molecule is CCOc1cc(CN[C@H](Cc2c[nH]c3ccccc23)C(=O)O)cc(Br)c1OCc1ccc(C)cc1. The Morgan fingerprint density at radius 3 is 2.60 bits per heavy atom. The summed E-state index contributed by atoms with van der Waals surface area (Å²) in [6.07, 6.45) is 2.25.